The van der Waals surface area contributed by atoms with Crippen LogP contribution in [0.2, 0.25) is 0 Å². The summed E-state index contributed by atoms with van der Waals surface area (Å²) in [4.78, 5) is 0.154. The van der Waals surface area contributed by atoms with E-state index in [4.69, 9.17) is 0 Å². The molecule has 2 atom stereocenters. The number of hydrogen-bond donors (Lipinski definition) is 0. The molecule has 7 heteroatoms. The normalized spacial score (nSPS) is 15.5. The van der Waals surface area contributed by atoms with Crippen molar-refractivity contribution in [2.75, 3.05) is 0 Å². The van der Waals surface area contributed by atoms with Crippen LogP contribution in [0.25, 0.3) is 11.0 Å². The van der Waals surface area contributed by atoms with Crippen molar-refractivity contribution in [1.82, 2.24) is 14.6 Å². The summed E-state index contributed by atoms with van der Waals surface area (Å²) in [6.45, 7) is 7.80. The van der Waals surface area contributed by atoms with Gasteiger partial charge in [0.2, 0.25) is 10.0 Å². The first-order valence-corrected chi connectivity index (χ1v) is 8.62. The minimum Gasteiger partial charge on any atom is -0.243 e. The molecule has 0 aliphatic heterocycles. The molecule has 6 nitrogen and oxygen atoms in total. The summed E-state index contributed by atoms with van der Waals surface area (Å²) in [6.07, 6.45) is 1.49. The molecule has 2 aromatic rings. The van der Waals surface area contributed by atoms with E-state index in [1.165, 1.54) is 0 Å². The maximum absolute atomic E-state index is 13.1. The van der Waals surface area contributed by atoms with E-state index in [1.54, 1.807) is 22.5 Å². The van der Waals surface area contributed by atoms with Crippen LogP contribution in [-0.4, -0.2) is 35.1 Å². The maximum Gasteiger partial charge on any atom is 0.245 e. The van der Waals surface area contributed by atoms with E-state index in [0.717, 1.165) is 12.8 Å². The molecule has 1 aromatic heterocycles. The fraction of sp³-hybridized carbons (Fsp3) is 0.571. The molecule has 2 unspecified atom stereocenters. The second kappa shape index (κ2) is 6.11. The van der Waals surface area contributed by atoms with Crippen molar-refractivity contribution in [3.05, 3.63) is 18.2 Å². The molecule has 116 valence electrons. The molecule has 21 heavy (non-hydrogen) atoms. The van der Waals surface area contributed by atoms with Gasteiger partial charge in [-0.15, -0.1) is 0 Å². The Hall–Kier alpha value is -1.47. The first-order valence-electron chi connectivity index (χ1n) is 7.18. The third-order valence-corrected chi connectivity index (χ3v) is 6.02. The molecule has 0 spiro atoms. The van der Waals surface area contributed by atoms with Crippen LogP contribution in [0.4, 0.5) is 0 Å². The van der Waals surface area contributed by atoms with Gasteiger partial charge in [-0.3, -0.25) is 0 Å². The highest BCUT2D eigenvalue weighted by Gasteiger charge is 2.33. The van der Waals surface area contributed by atoms with Gasteiger partial charge in [0, 0.05) is 12.1 Å². The summed E-state index contributed by atoms with van der Waals surface area (Å²) in [7, 11) is -3.65. The summed E-state index contributed by atoms with van der Waals surface area (Å²) < 4.78 is 32.4. The molecular formula is C14H21N3O3S. The Morgan fingerprint density at radius 1 is 1.14 bits per heavy atom. The van der Waals surface area contributed by atoms with Crippen LogP contribution < -0.4 is 0 Å². The maximum atomic E-state index is 13.1. The predicted molar refractivity (Wildman–Crippen MR) is 80.3 cm³/mol. The van der Waals surface area contributed by atoms with E-state index < -0.39 is 10.0 Å². The topological polar surface area (TPSA) is 76.3 Å². The lowest BCUT2D eigenvalue weighted by molar-refractivity contribution is 0.262. The van der Waals surface area contributed by atoms with Crippen molar-refractivity contribution in [2.45, 2.75) is 57.5 Å². The molecule has 0 saturated heterocycles. The van der Waals surface area contributed by atoms with Crippen LogP contribution in [0.15, 0.2) is 27.7 Å². The molecule has 0 N–H and O–H groups in total. The Labute approximate surface area is 125 Å². The molecular weight excluding hydrogens is 290 g/mol. The standard InChI is InChI=1S/C14H21N3O3S/c1-5-10(3)17(11(4)6-2)21(18,19)13-9-7-8-12-14(13)16-20-15-12/h7-11H,5-6H2,1-4H3. The second-order valence-corrected chi connectivity index (χ2v) is 7.05. The van der Waals surface area contributed by atoms with Crippen molar-refractivity contribution >= 4 is 21.1 Å². The number of rotatable bonds is 6. The van der Waals surface area contributed by atoms with Crippen molar-refractivity contribution in [3.8, 4) is 0 Å². The van der Waals surface area contributed by atoms with Gasteiger partial charge in [0.25, 0.3) is 0 Å². The highest BCUT2D eigenvalue weighted by Crippen LogP contribution is 2.27. The second-order valence-electron chi connectivity index (χ2n) is 5.24. The minimum absolute atomic E-state index is 0.0833. The molecule has 0 aliphatic rings. The molecule has 1 heterocycles. The van der Waals surface area contributed by atoms with E-state index in [9.17, 15) is 8.42 Å². The third kappa shape index (κ3) is 2.80. The molecule has 0 saturated carbocycles. The highest BCUT2D eigenvalue weighted by atomic mass is 32.2. The van der Waals surface area contributed by atoms with Crippen LogP contribution in [0.3, 0.4) is 0 Å². The van der Waals surface area contributed by atoms with Gasteiger partial charge < -0.3 is 0 Å². The molecule has 2 rings (SSSR count). The van der Waals surface area contributed by atoms with Gasteiger partial charge in [-0.05, 0) is 49.1 Å². The van der Waals surface area contributed by atoms with E-state index in [-0.39, 0.29) is 22.5 Å². The molecule has 0 radical (unpaired) electrons. The highest BCUT2D eigenvalue weighted by molar-refractivity contribution is 7.89. The molecule has 0 amide bonds. The smallest absolute Gasteiger partial charge is 0.243 e. The van der Waals surface area contributed by atoms with E-state index >= 15 is 0 Å². The number of hydrogen-bond acceptors (Lipinski definition) is 5. The zero-order chi connectivity index (χ0) is 15.6. The summed E-state index contributed by atoms with van der Waals surface area (Å²) >= 11 is 0. The first-order chi connectivity index (χ1) is 9.93. The lowest BCUT2D eigenvalue weighted by Crippen LogP contribution is -2.44. The first kappa shape index (κ1) is 15.9. The molecule has 0 aliphatic carbocycles. The van der Waals surface area contributed by atoms with Gasteiger partial charge in [-0.2, -0.15) is 4.31 Å². The zero-order valence-electron chi connectivity index (χ0n) is 12.8. The Balaban J connectivity index is 2.60. The minimum atomic E-state index is -3.65. The lowest BCUT2D eigenvalue weighted by Gasteiger charge is -2.32. The summed E-state index contributed by atoms with van der Waals surface area (Å²) in [5, 5.41) is 7.46. The number of nitrogens with zero attached hydrogens (tertiary/aromatic N) is 3. The molecule has 0 fully saturated rings. The Bertz CT molecular complexity index is 701. The number of benzene rings is 1. The monoisotopic (exact) mass is 311 g/mol. The van der Waals surface area contributed by atoms with Crippen molar-refractivity contribution in [2.24, 2.45) is 0 Å². The molecule has 1 aromatic carbocycles. The van der Waals surface area contributed by atoms with Crippen LogP contribution in [-0.2, 0) is 10.0 Å². The van der Waals surface area contributed by atoms with Gasteiger partial charge in [0.15, 0.2) is 5.52 Å². The number of fused-ring (bicyclic) bond motifs is 1. The van der Waals surface area contributed by atoms with Gasteiger partial charge in [0.05, 0.1) is 0 Å². The lowest BCUT2D eigenvalue weighted by atomic mass is 10.2. The summed E-state index contributed by atoms with van der Waals surface area (Å²) in [5.74, 6) is 0. The van der Waals surface area contributed by atoms with Crippen LogP contribution in [0, 0.1) is 0 Å². The van der Waals surface area contributed by atoms with Gasteiger partial charge in [-0.1, -0.05) is 19.9 Å². The Kier molecular flexibility index (Phi) is 4.63. The van der Waals surface area contributed by atoms with Crippen LogP contribution in [0.5, 0.6) is 0 Å². The number of sulfonamides is 1. The predicted octanol–water partition coefficient (Wildman–Crippen LogP) is 2.81. The fourth-order valence-electron chi connectivity index (χ4n) is 2.37. The third-order valence-electron chi connectivity index (χ3n) is 3.85. The SMILES string of the molecule is CCC(C)N(C(C)CC)S(=O)(=O)c1cccc2nonc12. The van der Waals surface area contributed by atoms with E-state index in [0.29, 0.717) is 5.52 Å². The van der Waals surface area contributed by atoms with E-state index in [2.05, 4.69) is 14.9 Å². The van der Waals surface area contributed by atoms with Crippen molar-refractivity contribution in [1.29, 1.82) is 0 Å². The van der Waals surface area contributed by atoms with Crippen LogP contribution in [0.1, 0.15) is 40.5 Å². The summed E-state index contributed by atoms with van der Waals surface area (Å²) in [5.41, 5.74) is 0.735. The average Bonchev–Trinajstić information content (AvgIpc) is 2.94. The van der Waals surface area contributed by atoms with Crippen LogP contribution >= 0.6 is 0 Å². The van der Waals surface area contributed by atoms with Gasteiger partial charge in [0.1, 0.15) is 10.4 Å². The largest absolute Gasteiger partial charge is 0.245 e. The van der Waals surface area contributed by atoms with E-state index in [1.807, 2.05) is 27.7 Å². The van der Waals surface area contributed by atoms with Crippen molar-refractivity contribution < 1.29 is 13.0 Å². The number of aromatic nitrogens is 2. The van der Waals surface area contributed by atoms with Crippen molar-refractivity contribution in [3.63, 3.8) is 0 Å². The Morgan fingerprint density at radius 3 is 2.33 bits per heavy atom. The quantitative estimate of drug-likeness (QED) is 0.820. The Morgan fingerprint density at radius 2 is 1.76 bits per heavy atom. The van der Waals surface area contributed by atoms with Gasteiger partial charge in [-0.25, -0.2) is 13.0 Å². The fourth-order valence-corrected chi connectivity index (χ4v) is 4.48. The summed E-state index contributed by atoms with van der Waals surface area (Å²) in [6, 6.07) is 4.73. The molecule has 0 bridgehead atoms. The zero-order valence-corrected chi connectivity index (χ0v) is 13.6. The average molecular weight is 311 g/mol. The van der Waals surface area contributed by atoms with Gasteiger partial charge >= 0.3 is 0 Å².